The fourth-order valence-electron chi connectivity index (χ4n) is 5.42. The van der Waals surface area contributed by atoms with Crippen LogP contribution in [0.25, 0.3) is 0 Å². The lowest BCUT2D eigenvalue weighted by Gasteiger charge is -2.34. The van der Waals surface area contributed by atoms with E-state index >= 15 is 0 Å². The summed E-state index contributed by atoms with van der Waals surface area (Å²) in [6.07, 6.45) is -0.189. The highest BCUT2D eigenvalue weighted by atomic mass is 16.7. The van der Waals surface area contributed by atoms with E-state index in [0.29, 0.717) is 48.1 Å². The molecule has 2 aliphatic rings. The topological polar surface area (TPSA) is 122 Å². The van der Waals surface area contributed by atoms with Crippen molar-refractivity contribution in [3.05, 3.63) is 71.8 Å². The summed E-state index contributed by atoms with van der Waals surface area (Å²) in [7, 11) is 3.61. The first-order chi connectivity index (χ1) is 21.2. The Kier molecular flexibility index (Phi) is 9.76. The van der Waals surface area contributed by atoms with Crippen LogP contribution in [0, 0.1) is 5.92 Å². The van der Waals surface area contributed by atoms with E-state index in [1.807, 2.05) is 32.2 Å². The van der Waals surface area contributed by atoms with Crippen molar-refractivity contribution in [2.24, 2.45) is 5.92 Å². The molecule has 0 fully saturated rings. The number of benzene rings is 3. The summed E-state index contributed by atoms with van der Waals surface area (Å²) in [6, 6.07) is 17.5. The van der Waals surface area contributed by atoms with Crippen LogP contribution in [0.3, 0.4) is 0 Å². The summed E-state index contributed by atoms with van der Waals surface area (Å²) in [4.78, 5) is 30.2. The molecule has 0 saturated heterocycles. The number of hydrogen-bond acceptors (Lipinski definition) is 8. The van der Waals surface area contributed by atoms with Crippen molar-refractivity contribution in [2.45, 2.75) is 39.0 Å². The molecular formula is C33H40N4O7. The van der Waals surface area contributed by atoms with Crippen LogP contribution in [-0.4, -0.2) is 79.6 Å². The SMILES string of the molecule is COc1ccc(NC(=O)Nc2ccc3c(c2)CC(=O)N([C@H](C)CO)C[C@H](C)[C@H](CN(C)Cc2ccc4c(c2)OCO4)O3)cc1. The van der Waals surface area contributed by atoms with Crippen molar-refractivity contribution < 1.29 is 33.6 Å². The molecular weight excluding hydrogens is 564 g/mol. The maximum atomic E-state index is 13.5. The van der Waals surface area contributed by atoms with Gasteiger partial charge in [0.25, 0.3) is 0 Å². The minimum absolute atomic E-state index is 0.0359. The van der Waals surface area contributed by atoms with Crippen LogP contribution in [0.4, 0.5) is 16.2 Å². The number of hydrogen-bond donors (Lipinski definition) is 3. The fourth-order valence-corrected chi connectivity index (χ4v) is 5.42. The molecule has 3 aromatic carbocycles. The summed E-state index contributed by atoms with van der Waals surface area (Å²) >= 11 is 0. The molecule has 3 aromatic rings. The Bertz CT molecular complexity index is 1460. The molecule has 0 aliphatic carbocycles. The molecule has 0 radical (unpaired) electrons. The Labute approximate surface area is 257 Å². The number of anilines is 2. The van der Waals surface area contributed by atoms with Crippen molar-refractivity contribution >= 4 is 23.3 Å². The lowest BCUT2D eigenvalue weighted by molar-refractivity contribution is -0.134. The Morgan fingerprint density at radius 3 is 2.50 bits per heavy atom. The third-order valence-corrected chi connectivity index (χ3v) is 7.90. The van der Waals surface area contributed by atoms with Gasteiger partial charge in [0.05, 0.1) is 26.2 Å². The quantitative estimate of drug-likeness (QED) is 0.330. The molecule has 3 amide bonds. The number of nitrogens with zero attached hydrogens (tertiary/aromatic N) is 2. The normalized spacial score (nSPS) is 18.4. The van der Waals surface area contributed by atoms with Gasteiger partial charge in [0.15, 0.2) is 11.5 Å². The summed E-state index contributed by atoms with van der Waals surface area (Å²) in [5, 5.41) is 15.6. The van der Waals surface area contributed by atoms with E-state index in [1.165, 1.54) is 0 Å². The lowest BCUT2D eigenvalue weighted by atomic mass is 10.0. The molecule has 5 rings (SSSR count). The number of fused-ring (bicyclic) bond motifs is 2. The molecule has 3 N–H and O–H groups in total. The largest absolute Gasteiger partial charge is 0.497 e. The van der Waals surface area contributed by atoms with Gasteiger partial charge < -0.3 is 39.6 Å². The first-order valence-electron chi connectivity index (χ1n) is 14.7. The summed E-state index contributed by atoms with van der Waals surface area (Å²) in [5.74, 6) is 2.62. The van der Waals surface area contributed by atoms with Crippen LogP contribution in [0.2, 0.25) is 0 Å². The van der Waals surface area contributed by atoms with Crippen LogP contribution in [0.5, 0.6) is 23.0 Å². The number of nitrogens with one attached hydrogen (secondary N) is 2. The first-order valence-corrected chi connectivity index (χ1v) is 14.7. The van der Waals surface area contributed by atoms with E-state index in [1.54, 1.807) is 54.5 Å². The Morgan fingerprint density at radius 2 is 1.75 bits per heavy atom. The second-order valence-corrected chi connectivity index (χ2v) is 11.4. The highest BCUT2D eigenvalue weighted by molar-refractivity contribution is 6.00. The number of carbonyl (C=O) groups is 2. The zero-order chi connectivity index (χ0) is 31.2. The zero-order valence-electron chi connectivity index (χ0n) is 25.5. The maximum absolute atomic E-state index is 13.5. The van der Waals surface area contributed by atoms with Gasteiger partial charge in [-0.3, -0.25) is 9.69 Å². The number of aliphatic hydroxyl groups excluding tert-OH is 1. The Morgan fingerprint density at radius 1 is 1.05 bits per heavy atom. The maximum Gasteiger partial charge on any atom is 0.323 e. The van der Waals surface area contributed by atoms with Crippen molar-refractivity contribution in [1.82, 2.24) is 9.80 Å². The van der Waals surface area contributed by atoms with E-state index in [-0.39, 0.29) is 43.8 Å². The van der Waals surface area contributed by atoms with Gasteiger partial charge in [0.1, 0.15) is 17.6 Å². The molecule has 0 aromatic heterocycles. The highest BCUT2D eigenvalue weighted by Crippen LogP contribution is 2.33. The van der Waals surface area contributed by atoms with Gasteiger partial charge in [-0.15, -0.1) is 0 Å². The third kappa shape index (κ3) is 7.53. The molecule has 44 heavy (non-hydrogen) atoms. The number of aliphatic hydroxyl groups is 1. The summed E-state index contributed by atoms with van der Waals surface area (Å²) < 4.78 is 22.8. The predicted octanol–water partition coefficient (Wildman–Crippen LogP) is 4.35. The smallest absolute Gasteiger partial charge is 0.323 e. The number of ether oxygens (including phenoxy) is 4. The zero-order valence-corrected chi connectivity index (χ0v) is 25.5. The average Bonchev–Trinajstić information content (AvgIpc) is 3.49. The van der Waals surface area contributed by atoms with Gasteiger partial charge in [-0.25, -0.2) is 4.79 Å². The van der Waals surface area contributed by atoms with Crippen LogP contribution in [-0.2, 0) is 17.8 Å². The second kappa shape index (κ2) is 13.9. The Balaban J connectivity index is 1.33. The van der Waals surface area contributed by atoms with Crippen molar-refractivity contribution in [2.75, 3.05) is 51.3 Å². The summed E-state index contributed by atoms with van der Waals surface area (Å²) in [6.45, 7) is 5.68. The van der Waals surface area contributed by atoms with Gasteiger partial charge in [0, 0.05) is 42.5 Å². The van der Waals surface area contributed by atoms with Gasteiger partial charge in [-0.2, -0.15) is 0 Å². The van der Waals surface area contributed by atoms with Crippen LogP contribution in [0.15, 0.2) is 60.7 Å². The molecule has 0 saturated carbocycles. The van der Waals surface area contributed by atoms with Gasteiger partial charge in [-0.05, 0) is 74.1 Å². The van der Waals surface area contributed by atoms with Crippen molar-refractivity contribution in [1.29, 1.82) is 0 Å². The fraction of sp³-hybridized carbons (Fsp3) is 0.394. The molecule has 0 bridgehead atoms. The van der Waals surface area contributed by atoms with Gasteiger partial charge in [-0.1, -0.05) is 13.0 Å². The van der Waals surface area contributed by atoms with E-state index in [0.717, 1.165) is 17.1 Å². The van der Waals surface area contributed by atoms with E-state index < -0.39 is 6.03 Å². The highest BCUT2D eigenvalue weighted by Gasteiger charge is 2.31. The van der Waals surface area contributed by atoms with E-state index in [9.17, 15) is 14.7 Å². The van der Waals surface area contributed by atoms with Crippen molar-refractivity contribution in [3.63, 3.8) is 0 Å². The van der Waals surface area contributed by atoms with Crippen LogP contribution in [0.1, 0.15) is 25.0 Å². The third-order valence-electron chi connectivity index (χ3n) is 7.90. The molecule has 11 heteroatoms. The number of amides is 3. The Hall–Kier alpha value is -4.48. The predicted molar refractivity (Wildman–Crippen MR) is 167 cm³/mol. The monoisotopic (exact) mass is 604 g/mol. The van der Waals surface area contributed by atoms with Crippen LogP contribution >= 0.6 is 0 Å². The van der Waals surface area contributed by atoms with E-state index in [4.69, 9.17) is 18.9 Å². The number of urea groups is 1. The minimum Gasteiger partial charge on any atom is -0.497 e. The molecule has 11 nitrogen and oxygen atoms in total. The average molecular weight is 605 g/mol. The number of methoxy groups -OCH3 is 1. The lowest BCUT2D eigenvalue weighted by Crippen LogP contribution is -2.47. The van der Waals surface area contributed by atoms with Gasteiger partial charge >= 0.3 is 6.03 Å². The molecule has 3 atom stereocenters. The number of rotatable bonds is 9. The standard InChI is InChI=1S/C33H40N4O7/c1-21-16-37(22(2)19-38)32(39)15-24-14-26(35-33(40)34-25-6-9-27(41-4)10-7-25)8-12-28(24)44-31(21)18-36(3)17-23-5-11-29-30(13-23)43-20-42-29/h5-14,21-22,31,38H,15-20H2,1-4H3,(H2,34,35,40)/t21-,22+,31-/m0/s1. The van der Waals surface area contributed by atoms with Gasteiger partial charge in [0.2, 0.25) is 12.7 Å². The number of likely N-dealkylation sites (N-methyl/N-ethyl adjacent to an activating group) is 1. The molecule has 2 heterocycles. The minimum atomic E-state index is -0.419. The van der Waals surface area contributed by atoms with E-state index in [2.05, 4.69) is 22.5 Å². The molecule has 2 aliphatic heterocycles. The number of carbonyl (C=O) groups excluding carboxylic acids is 2. The molecule has 0 spiro atoms. The first kappa shape index (κ1) is 31.0. The van der Waals surface area contributed by atoms with Crippen LogP contribution < -0.4 is 29.6 Å². The molecule has 0 unspecified atom stereocenters. The van der Waals surface area contributed by atoms with Crippen molar-refractivity contribution in [3.8, 4) is 23.0 Å². The summed E-state index contributed by atoms with van der Waals surface area (Å²) in [5.41, 5.74) is 2.88. The second-order valence-electron chi connectivity index (χ2n) is 11.4. The molecule has 234 valence electrons.